The summed E-state index contributed by atoms with van der Waals surface area (Å²) in [5.74, 6) is 0.813. The Hall–Kier alpha value is -1.29. The zero-order valence-electron chi connectivity index (χ0n) is 11.0. The number of furan rings is 1. The van der Waals surface area contributed by atoms with Crippen molar-refractivity contribution in [2.45, 2.75) is 45.7 Å². The molecule has 1 aromatic rings. The highest BCUT2D eigenvalue weighted by Gasteiger charge is 2.13. The molecule has 1 aromatic heterocycles. The van der Waals surface area contributed by atoms with Gasteiger partial charge in [0.2, 0.25) is 5.91 Å². The van der Waals surface area contributed by atoms with Gasteiger partial charge >= 0.3 is 0 Å². The summed E-state index contributed by atoms with van der Waals surface area (Å²) in [6.07, 6.45) is 2.08. The van der Waals surface area contributed by atoms with Crippen LogP contribution in [0.1, 0.15) is 45.9 Å². The van der Waals surface area contributed by atoms with Crippen molar-refractivity contribution in [1.29, 1.82) is 0 Å². The average molecular weight is 238 g/mol. The topological polar surface area (TPSA) is 54.3 Å². The number of carbonyl (C=O) groups excluding carboxylic acids is 1. The lowest BCUT2D eigenvalue weighted by molar-refractivity contribution is -0.121. The van der Waals surface area contributed by atoms with Crippen LogP contribution in [0.5, 0.6) is 0 Å². The first-order valence-electron chi connectivity index (χ1n) is 5.96. The van der Waals surface area contributed by atoms with Crippen molar-refractivity contribution in [2.24, 2.45) is 0 Å². The molecule has 96 valence electrons. The van der Waals surface area contributed by atoms with Gasteiger partial charge < -0.3 is 15.1 Å². The fourth-order valence-corrected chi connectivity index (χ4v) is 1.47. The summed E-state index contributed by atoms with van der Waals surface area (Å²) in [4.78, 5) is 11.6. The summed E-state index contributed by atoms with van der Waals surface area (Å²) in [6.45, 7) is 8.83. The minimum atomic E-state index is -0.0767. The van der Waals surface area contributed by atoms with Crippen LogP contribution in [0.3, 0.4) is 0 Å². The van der Waals surface area contributed by atoms with Gasteiger partial charge in [0, 0.05) is 18.5 Å². The Morgan fingerprint density at radius 2 is 2.18 bits per heavy atom. The number of nitrogens with one attached hydrogen (secondary N) is 2. The predicted molar refractivity (Wildman–Crippen MR) is 67.6 cm³/mol. The van der Waals surface area contributed by atoms with E-state index in [4.69, 9.17) is 4.42 Å². The van der Waals surface area contributed by atoms with E-state index in [2.05, 4.69) is 31.4 Å². The molecule has 1 heterocycles. The Kier molecular flexibility index (Phi) is 4.75. The molecule has 17 heavy (non-hydrogen) atoms. The molecule has 0 radical (unpaired) electrons. The van der Waals surface area contributed by atoms with E-state index >= 15 is 0 Å². The first kappa shape index (κ1) is 13.8. The van der Waals surface area contributed by atoms with E-state index in [9.17, 15) is 4.79 Å². The van der Waals surface area contributed by atoms with Gasteiger partial charge in [0.15, 0.2) is 0 Å². The first-order chi connectivity index (χ1) is 7.88. The third kappa shape index (κ3) is 5.54. The molecule has 0 aliphatic rings. The van der Waals surface area contributed by atoms with Gasteiger partial charge in [-0.3, -0.25) is 4.79 Å². The third-order valence-electron chi connectivity index (χ3n) is 2.35. The summed E-state index contributed by atoms with van der Waals surface area (Å²) in [6, 6.07) is 3.60. The normalized spacial score (nSPS) is 13.4. The highest BCUT2D eigenvalue weighted by atomic mass is 16.3. The van der Waals surface area contributed by atoms with Crippen molar-refractivity contribution in [2.75, 3.05) is 6.54 Å². The molecule has 0 fully saturated rings. The number of carbonyl (C=O) groups is 1. The molecule has 1 rings (SSSR count). The van der Waals surface area contributed by atoms with E-state index in [-0.39, 0.29) is 17.5 Å². The second-order valence-electron chi connectivity index (χ2n) is 5.23. The molecule has 0 bridgehead atoms. The van der Waals surface area contributed by atoms with Crippen LogP contribution in [-0.2, 0) is 4.79 Å². The molecular formula is C13H22N2O2. The van der Waals surface area contributed by atoms with Gasteiger partial charge in [0.25, 0.3) is 0 Å². The molecule has 0 spiro atoms. The van der Waals surface area contributed by atoms with E-state index in [1.165, 1.54) is 0 Å². The van der Waals surface area contributed by atoms with Gasteiger partial charge in [-0.25, -0.2) is 0 Å². The van der Waals surface area contributed by atoms with Gasteiger partial charge in [-0.05, 0) is 39.8 Å². The van der Waals surface area contributed by atoms with Crippen molar-refractivity contribution in [3.63, 3.8) is 0 Å². The van der Waals surface area contributed by atoms with Crippen molar-refractivity contribution in [3.8, 4) is 0 Å². The minimum Gasteiger partial charge on any atom is -0.467 e. The molecule has 0 saturated heterocycles. The number of rotatable bonds is 5. The van der Waals surface area contributed by atoms with E-state index < -0.39 is 0 Å². The number of amides is 1. The van der Waals surface area contributed by atoms with Gasteiger partial charge in [0.1, 0.15) is 5.76 Å². The smallest absolute Gasteiger partial charge is 0.221 e. The Morgan fingerprint density at radius 3 is 2.71 bits per heavy atom. The molecule has 0 aliphatic heterocycles. The Bertz CT molecular complexity index is 339. The predicted octanol–water partition coefficient (Wildman–Crippen LogP) is 2.23. The zero-order valence-corrected chi connectivity index (χ0v) is 11.0. The van der Waals surface area contributed by atoms with Crippen molar-refractivity contribution in [3.05, 3.63) is 24.2 Å². The molecule has 1 amide bonds. The van der Waals surface area contributed by atoms with Gasteiger partial charge in [0.05, 0.1) is 12.3 Å². The highest BCUT2D eigenvalue weighted by molar-refractivity contribution is 5.76. The molecule has 4 nitrogen and oxygen atoms in total. The molecule has 0 unspecified atom stereocenters. The zero-order chi connectivity index (χ0) is 12.9. The lowest BCUT2D eigenvalue weighted by atomic mass is 10.1. The summed E-state index contributed by atoms with van der Waals surface area (Å²) in [5, 5.41) is 6.17. The lowest BCUT2D eigenvalue weighted by Crippen LogP contribution is -2.38. The minimum absolute atomic E-state index is 0.0330. The second-order valence-corrected chi connectivity index (χ2v) is 5.23. The van der Waals surface area contributed by atoms with Gasteiger partial charge in [-0.1, -0.05) is 0 Å². The fraction of sp³-hybridized carbons (Fsp3) is 0.615. The van der Waals surface area contributed by atoms with Crippen molar-refractivity contribution < 1.29 is 9.21 Å². The number of hydrogen-bond acceptors (Lipinski definition) is 3. The molecular weight excluding hydrogens is 216 g/mol. The van der Waals surface area contributed by atoms with E-state index in [0.717, 1.165) is 5.76 Å². The van der Waals surface area contributed by atoms with E-state index in [1.54, 1.807) is 6.26 Å². The van der Waals surface area contributed by atoms with E-state index in [1.807, 2.05) is 19.1 Å². The van der Waals surface area contributed by atoms with Crippen LogP contribution in [-0.4, -0.2) is 18.0 Å². The van der Waals surface area contributed by atoms with Crippen LogP contribution in [0, 0.1) is 0 Å². The summed E-state index contributed by atoms with van der Waals surface area (Å²) in [5.41, 5.74) is 0.0485. The maximum atomic E-state index is 11.6. The standard InChI is InChI=1S/C13H22N2O2/c1-10(11-6-5-9-17-11)15-12(16)7-8-14-13(2,3)4/h5-6,9-10,14H,7-8H2,1-4H3,(H,15,16)/t10-/m0/s1. The maximum absolute atomic E-state index is 11.6. The molecule has 4 heteroatoms. The quantitative estimate of drug-likeness (QED) is 0.827. The van der Waals surface area contributed by atoms with Crippen LogP contribution in [0.4, 0.5) is 0 Å². The van der Waals surface area contributed by atoms with Crippen LogP contribution < -0.4 is 10.6 Å². The largest absolute Gasteiger partial charge is 0.467 e. The Morgan fingerprint density at radius 1 is 1.47 bits per heavy atom. The fourth-order valence-electron chi connectivity index (χ4n) is 1.47. The molecule has 0 aliphatic carbocycles. The summed E-state index contributed by atoms with van der Waals surface area (Å²) >= 11 is 0. The van der Waals surface area contributed by atoms with Crippen LogP contribution in [0.2, 0.25) is 0 Å². The van der Waals surface area contributed by atoms with Crippen LogP contribution in [0.15, 0.2) is 22.8 Å². The Labute approximate surface area is 103 Å². The SMILES string of the molecule is C[C@H](NC(=O)CCNC(C)(C)C)c1ccco1. The number of hydrogen-bond donors (Lipinski definition) is 2. The van der Waals surface area contributed by atoms with E-state index in [0.29, 0.717) is 13.0 Å². The average Bonchev–Trinajstić information content (AvgIpc) is 2.67. The maximum Gasteiger partial charge on any atom is 0.221 e. The lowest BCUT2D eigenvalue weighted by Gasteiger charge is -2.20. The molecule has 0 aromatic carbocycles. The van der Waals surface area contributed by atoms with Crippen molar-refractivity contribution in [1.82, 2.24) is 10.6 Å². The van der Waals surface area contributed by atoms with Crippen LogP contribution in [0.25, 0.3) is 0 Å². The molecule has 0 saturated carbocycles. The second kappa shape index (κ2) is 5.87. The Balaban J connectivity index is 2.26. The highest BCUT2D eigenvalue weighted by Crippen LogP contribution is 2.12. The first-order valence-corrected chi connectivity index (χ1v) is 5.96. The van der Waals surface area contributed by atoms with Crippen molar-refractivity contribution >= 4 is 5.91 Å². The summed E-state index contributed by atoms with van der Waals surface area (Å²) in [7, 11) is 0. The monoisotopic (exact) mass is 238 g/mol. The van der Waals surface area contributed by atoms with Crippen LogP contribution >= 0.6 is 0 Å². The third-order valence-corrected chi connectivity index (χ3v) is 2.35. The van der Waals surface area contributed by atoms with Gasteiger partial charge in [-0.15, -0.1) is 0 Å². The molecule has 1 atom stereocenters. The summed E-state index contributed by atoms with van der Waals surface area (Å²) < 4.78 is 5.22. The molecule has 2 N–H and O–H groups in total. The van der Waals surface area contributed by atoms with Gasteiger partial charge in [-0.2, -0.15) is 0 Å².